The third kappa shape index (κ3) is 6.50. The Morgan fingerprint density at radius 2 is 1.83 bits per heavy atom. The van der Waals surface area contributed by atoms with E-state index in [0.717, 1.165) is 4.31 Å². The number of phenols is 1. The number of rotatable bonds is 11. The molecule has 2 rings (SSSR count). The zero-order valence-corrected chi connectivity index (χ0v) is 17.4. The third-order valence-electron chi connectivity index (χ3n) is 4.07. The van der Waals surface area contributed by atoms with E-state index in [4.69, 9.17) is 9.47 Å². The van der Waals surface area contributed by atoms with Gasteiger partial charge in [0.1, 0.15) is 12.4 Å². The summed E-state index contributed by atoms with van der Waals surface area (Å²) in [6, 6.07) is 11.6. The Labute approximate surface area is 171 Å². The van der Waals surface area contributed by atoms with Crippen molar-refractivity contribution < 1.29 is 28.1 Å². The van der Waals surface area contributed by atoms with E-state index in [0.29, 0.717) is 30.2 Å². The molecule has 0 radical (unpaired) electrons. The van der Waals surface area contributed by atoms with Gasteiger partial charge in [0.05, 0.1) is 18.9 Å². The molecule has 4 N–H and O–H groups in total. The summed E-state index contributed by atoms with van der Waals surface area (Å²) in [4.78, 5) is 0. The second kappa shape index (κ2) is 10.3. The van der Waals surface area contributed by atoms with Gasteiger partial charge in [0, 0.05) is 27.2 Å². The van der Waals surface area contributed by atoms with Crippen LogP contribution in [0.3, 0.4) is 0 Å². The summed E-state index contributed by atoms with van der Waals surface area (Å²) < 4.78 is 38.0. The van der Waals surface area contributed by atoms with Crippen molar-refractivity contribution in [2.24, 2.45) is 0 Å². The van der Waals surface area contributed by atoms with Crippen LogP contribution >= 0.6 is 0 Å². The number of anilines is 1. The lowest BCUT2D eigenvalue weighted by molar-refractivity contribution is 0.171. The third-order valence-corrected chi connectivity index (χ3v) is 5.51. The van der Waals surface area contributed by atoms with Crippen LogP contribution in [0.5, 0.6) is 17.2 Å². The summed E-state index contributed by atoms with van der Waals surface area (Å²) in [6.07, 6.45) is -0.899. The number of methoxy groups -OCH3 is 1. The van der Waals surface area contributed by atoms with E-state index in [1.165, 1.54) is 32.3 Å². The first-order valence-electron chi connectivity index (χ1n) is 8.92. The van der Waals surface area contributed by atoms with Crippen LogP contribution in [0.1, 0.15) is 11.7 Å². The zero-order valence-electron chi connectivity index (χ0n) is 16.6. The van der Waals surface area contributed by atoms with Crippen molar-refractivity contribution in [3.05, 3.63) is 48.0 Å². The molecule has 0 aliphatic heterocycles. The molecule has 1 atom stereocenters. The number of aliphatic hydroxyl groups is 1. The van der Waals surface area contributed by atoms with Crippen LogP contribution < -0.4 is 19.5 Å². The number of aliphatic hydroxyl groups excluding tert-OH is 1. The largest absolute Gasteiger partial charge is 0.506 e. The minimum Gasteiger partial charge on any atom is -0.506 e. The zero-order chi connectivity index (χ0) is 21.4. The van der Waals surface area contributed by atoms with Crippen LogP contribution in [-0.2, 0) is 10.2 Å². The number of ether oxygens (including phenoxy) is 2. The Bertz CT molecular complexity index is 905. The van der Waals surface area contributed by atoms with Crippen molar-refractivity contribution in [1.29, 1.82) is 0 Å². The molecule has 0 saturated heterocycles. The Kier molecular flexibility index (Phi) is 8.09. The number of nitrogens with zero attached hydrogens (tertiary/aromatic N) is 1. The quantitative estimate of drug-likeness (QED) is 0.317. The minimum absolute atomic E-state index is 0.00486. The van der Waals surface area contributed by atoms with E-state index in [1.807, 2.05) is 12.1 Å². The van der Waals surface area contributed by atoms with E-state index < -0.39 is 16.3 Å². The average molecular weight is 426 g/mol. The molecule has 29 heavy (non-hydrogen) atoms. The van der Waals surface area contributed by atoms with Crippen molar-refractivity contribution >= 4 is 15.9 Å². The molecule has 160 valence electrons. The normalized spacial score (nSPS) is 12.6. The second-order valence-electron chi connectivity index (χ2n) is 6.39. The van der Waals surface area contributed by atoms with Gasteiger partial charge < -0.3 is 25.0 Å². The van der Waals surface area contributed by atoms with Crippen LogP contribution in [0.2, 0.25) is 0 Å². The number of nitrogens with one attached hydrogen (secondary N) is 2. The predicted octanol–water partition coefficient (Wildman–Crippen LogP) is 1.32. The van der Waals surface area contributed by atoms with Crippen LogP contribution in [0.4, 0.5) is 5.69 Å². The highest BCUT2D eigenvalue weighted by Gasteiger charge is 2.17. The summed E-state index contributed by atoms with van der Waals surface area (Å²) in [7, 11) is 0.538. The average Bonchev–Trinajstić information content (AvgIpc) is 2.69. The number of para-hydroxylation sites is 2. The molecule has 2 aromatic rings. The highest BCUT2D eigenvalue weighted by Crippen LogP contribution is 2.28. The second-order valence-corrected chi connectivity index (χ2v) is 8.27. The molecule has 0 saturated carbocycles. The fourth-order valence-corrected chi connectivity index (χ4v) is 3.02. The van der Waals surface area contributed by atoms with Gasteiger partial charge in [-0.2, -0.15) is 12.7 Å². The van der Waals surface area contributed by atoms with Crippen molar-refractivity contribution in [2.45, 2.75) is 6.10 Å². The van der Waals surface area contributed by atoms with E-state index in [2.05, 4.69) is 10.0 Å². The van der Waals surface area contributed by atoms with Crippen LogP contribution in [-0.4, -0.2) is 63.8 Å². The molecule has 0 aromatic heterocycles. The summed E-state index contributed by atoms with van der Waals surface area (Å²) >= 11 is 0. The van der Waals surface area contributed by atoms with Crippen LogP contribution in [0, 0.1) is 0 Å². The van der Waals surface area contributed by atoms with Gasteiger partial charge >= 0.3 is 10.2 Å². The maximum atomic E-state index is 11.9. The van der Waals surface area contributed by atoms with Gasteiger partial charge in [-0.1, -0.05) is 18.2 Å². The van der Waals surface area contributed by atoms with Gasteiger partial charge in [-0.15, -0.1) is 0 Å². The summed E-state index contributed by atoms with van der Waals surface area (Å²) in [5.74, 6) is 1.04. The number of aromatic hydroxyl groups is 1. The van der Waals surface area contributed by atoms with E-state index in [9.17, 15) is 18.6 Å². The molecule has 0 aliphatic carbocycles. The summed E-state index contributed by atoms with van der Waals surface area (Å²) in [5.41, 5.74) is 0.451. The molecule has 2 aromatic carbocycles. The number of phenolic OH excluding ortho intramolecular Hbond substituents is 1. The standard InChI is InChI=1S/C19H27N3O6S/c1-22(2)29(25,26)21-15-12-14(8-9-16(15)23)17(24)13-20-10-11-28-19-7-5-4-6-18(19)27-3/h4-9,12,17,20-21,23-24H,10-11,13H2,1-3H3. The van der Waals surface area contributed by atoms with Gasteiger partial charge in [-0.3, -0.25) is 4.72 Å². The number of hydrogen-bond acceptors (Lipinski definition) is 7. The molecular weight excluding hydrogens is 398 g/mol. The Hall–Kier alpha value is -2.53. The topological polar surface area (TPSA) is 120 Å². The van der Waals surface area contributed by atoms with Crippen LogP contribution in [0.15, 0.2) is 42.5 Å². The highest BCUT2D eigenvalue weighted by atomic mass is 32.2. The van der Waals surface area contributed by atoms with Gasteiger partial charge in [-0.05, 0) is 29.8 Å². The summed E-state index contributed by atoms with van der Waals surface area (Å²) in [6.45, 7) is 1.07. The first-order chi connectivity index (χ1) is 13.7. The molecule has 0 heterocycles. The lowest BCUT2D eigenvalue weighted by Gasteiger charge is -2.17. The maximum Gasteiger partial charge on any atom is 0.301 e. The number of benzene rings is 2. The predicted molar refractivity (Wildman–Crippen MR) is 111 cm³/mol. The molecule has 0 fully saturated rings. The molecule has 0 bridgehead atoms. The van der Waals surface area contributed by atoms with E-state index in [-0.39, 0.29) is 18.0 Å². The Balaban J connectivity index is 1.87. The van der Waals surface area contributed by atoms with E-state index in [1.54, 1.807) is 19.2 Å². The smallest absolute Gasteiger partial charge is 0.301 e. The van der Waals surface area contributed by atoms with Crippen LogP contribution in [0.25, 0.3) is 0 Å². The van der Waals surface area contributed by atoms with E-state index >= 15 is 0 Å². The molecule has 1 unspecified atom stereocenters. The number of hydrogen-bond donors (Lipinski definition) is 4. The van der Waals surface area contributed by atoms with Gasteiger partial charge in [0.2, 0.25) is 0 Å². The molecular formula is C19H27N3O6S. The first-order valence-corrected chi connectivity index (χ1v) is 10.4. The molecule has 10 heteroatoms. The lowest BCUT2D eigenvalue weighted by atomic mass is 10.1. The Morgan fingerprint density at radius 3 is 2.48 bits per heavy atom. The van der Waals surface area contributed by atoms with Gasteiger partial charge in [0.25, 0.3) is 0 Å². The van der Waals surface area contributed by atoms with Crippen molar-refractivity contribution in [3.63, 3.8) is 0 Å². The lowest BCUT2D eigenvalue weighted by Crippen LogP contribution is -2.29. The maximum absolute atomic E-state index is 11.9. The van der Waals surface area contributed by atoms with Gasteiger partial charge in [-0.25, -0.2) is 0 Å². The van der Waals surface area contributed by atoms with Crippen molar-refractivity contribution in [1.82, 2.24) is 9.62 Å². The Morgan fingerprint density at radius 1 is 1.14 bits per heavy atom. The van der Waals surface area contributed by atoms with Gasteiger partial charge in [0.15, 0.2) is 11.5 Å². The monoisotopic (exact) mass is 425 g/mol. The fraction of sp³-hybridized carbons (Fsp3) is 0.368. The van der Waals surface area contributed by atoms with Crippen molar-refractivity contribution in [3.8, 4) is 17.2 Å². The first kappa shape index (κ1) is 22.8. The van der Waals surface area contributed by atoms with Crippen molar-refractivity contribution in [2.75, 3.05) is 45.6 Å². The summed E-state index contributed by atoms with van der Waals surface area (Å²) in [5, 5.41) is 23.3. The SMILES string of the molecule is COc1ccccc1OCCNCC(O)c1ccc(O)c(NS(=O)(=O)N(C)C)c1. The molecule has 0 spiro atoms. The minimum atomic E-state index is -3.77. The molecule has 0 amide bonds. The highest BCUT2D eigenvalue weighted by molar-refractivity contribution is 7.90. The fourth-order valence-electron chi connectivity index (χ4n) is 2.40. The molecule has 9 nitrogen and oxygen atoms in total. The molecule has 0 aliphatic rings.